The Kier molecular flexibility index (Phi) is 7.30. The van der Waals surface area contributed by atoms with Crippen molar-refractivity contribution in [3.05, 3.63) is 59.7 Å². The monoisotopic (exact) mass is 393 g/mol. The Hall–Kier alpha value is -2.79. The predicted octanol–water partition coefficient (Wildman–Crippen LogP) is 4.19. The maximum Gasteiger partial charge on any atom is 0.248 e. The summed E-state index contributed by atoms with van der Waals surface area (Å²) in [6.07, 6.45) is 3.34. The molecular weight excluding hydrogens is 362 g/mol. The lowest BCUT2D eigenvalue weighted by atomic mass is 10.1. The summed E-state index contributed by atoms with van der Waals surface area (Å²) in [5, 5.41) is 2.98. The number of anilines is 2. The lowest BCUT2D eigenvalue weighted by molar-refractivity contribution is -0.111. The zero-order chi connectivity index (χ0) is 20.6. The van der Waals surface area contributed by atoms with Crippen LogP contribution in [0.2, 0.25) is 0 Å². The third kappa shape index (κ3) is 5.61. The van der Waals surface area contributed by atoms with Crippen LogP contribution in [0.3, 0.4) is 0 Å². The van der Waals surface area contributed by atoms with Crippen molar-refractivity contribution < 1.29 is 9.53 Å². The summed E-state index contributed by atoms with van der Waals surface area (Å²) in [7, 11) is 0. The molecule has 0 bridgehead atoms. The van der Waals surface area contributed by atoms with E-state index in [1.807, 2.05) is 44.2 Å². The fourth-order valence-electron chi connectivity index (χ4n) is 3.55. The number of hydrogen-bond acceptors (Lipinski definition) is 4. The number of rotatable bonds is 7. The highest BCUT2D eigenvalue weighted by Crippen LogP contribution is 2.24. The molecule has 0 radical (unpaired) electrons. The highest BCUT2D eigenvalue weighted by molar-refractivity contribution is 6.02. The smallest absolute Gasteiger partial charge is 0.248 e. The second-order valence-electron chi connectivity index (χ2n) is 7.21. The molecular formula is C24H31N3O2. The van der Waals surface area contributed by atoms with Gasteiger partial charge in [-0.3, -0.25) is 4.79 Å². The SMILES string of the molecule is CCOc1ccccc1/C=C/C(=O)Nc1ccc(N2CCN(CC)CC2)cc1C. The Morgan fingerprint density at radius 1 is 1.10 bits per heavy atom. The van der Waals surface area contributed by atoms with Crippen LogP contribution in [0.15, 0.2) is 48.5 Å². The van der Waals surface area contributed by atoms with Gasteiger partial charge in [0.25, 0.3) is 0 Å². The molecule has 0 aliphatic carbocycles. The van der Waals surface area contributed by atoms with Gasteiger partial charge in [0.1, 0.15) is 5.75 Å². The molecule has 2 aromatic rings. The molecule has 0 aromatic heterocycles. The van der Waals surface area contributed by atoms with Crippen LogP contribution < -0.4 is 15.0 Å². The minimum Gasteiger partial charge on any atom is -0.493 e. The van der Waals surface area contributed by atoms with Gasteiger partial charge in [-0.25, -0.2) is 0 Å². The van der Waals surface area contributed by atoms with E-state index in [-0.39, 0.29) is 5.91 Å². The molecule has 0 unspecified atom stereocenters. The number of nitrogens with zero attached hydrogens (tertiary/aromatic N) is 2. The highest BCUT2D eigenvalue weighted by atomic mass is 16.5. The lowest BCUT2D eigenvalue weighted by Crippen LogP contribution is -2.46. The number of piperazine rings is 1. The number of benzene rings is 2. The van der Waals surface area contributed by atoms with Crippen LogP contribution in [0.25, 0.3) is 6.08 Å². The Balaban J connectivity index is 1.62. The number of para-hydroxylation sites is 1. The standard InChI is InChI=1S/C24H31N3O2/c1-4-26-14-16-27(17-15-26)21-11-12-22(19(3)18-21)25-24(28)13-10-20-8-6-7-9-23(20)29-5-2/h6-13,18H,4-5,14-17H2,1-3H3,(H,25,28)/b13-10+. The van der Waals surface area contributed by atoms with E-state index in [1.165, 1.54) is 5.69 Å². The first-order valence-corrected chi connectivity index (χ1v) is 10.4. The van der Waals surface area contributed by atoms with Crippen molar-refractivity contribution in [2.45, 2.75) is 20.8 Å². The van der Waals surface area contributed by atoms with Gasteiger partial charge in [0, 0.05) is 49.2 Å². The summed E-state index contributed by atoms with van der Waals surface area (Å²) in [5.41, 5.74) is 4.02. The van der Waals surface area contributed by atoms with Gasteiger partial charge in [0.05, 0.1) is 6.61 Å². The molecule has 0 atom stereocenters. The number of nitrogens with one attached hydrogen (secondary N) is 1. The second-order valence-corrected chi connectivity index (χ2v) is 7.21. The van der Waals surface area contributed by atoms with Gasteiger partial charge in [-0.1, -0.05) is 25.1 Å². The van der Waals surface area contributed by atoms with Crippen molar-refractivity contribution in [1.29, 1.82) is 0 Å². The van der Waals surface area contributed by atoms with E-state index in [9.17, 15) is 4.79 Å². The van der Waals surface area contributed by atoms with E-state index in [1.54, 1.807) is 12.2 Å². The first-order valence-electron chi connectivity index (χ1n) is 10.4. The zero-order valence-electron chi connectivity index (χ0n) is 17.6. The summed E-state index contributed by atoms with van der Waals surface area (Å²) >= 11 is 0. The van der Waals surface area contributed by atoms with E-state index in [4.69, 9.17) is 4.74 Å². The van der Waals surface area contributed by atoms with E-state index in [0.717, 1.165) is 55.3 Å². The third-order valence-corrected chi connectivity index (χ3v) is 5.29. The normalized spacial score (nSPS) is 14.9. The number of likely N-dealkylation sites (N-methyl/N-ethyl adjacent to an activating group) is 1. The van der Waals surface area contributed by atoms with Crippen molar-refractivity contribution in [3.8, 4) is 5.75 Å². The van der Waals surface area contributed by atoms with Gasteiger partial charge in [-0.05, 0) is 56.3 Å². The van der Waals surface area contributed by atoms with Crippen LogP contribution in [-0.4, -0.2) is 50.1 Å². The van der Waals surface area contributed by atoms with Crippen molar-refractivity contribution in [2.75, 3.05) is 49.5 Å². The van der Waals surface area contributed by atoms with Crippen LogP contribution in [0, 0.1) is 6.92 Å². The molecule has 1 amide bonds. The van der Waals surface area contributed by atoms with Crippen LogP contribution in [0.4, 0.5) is 11.4 Å². The van der Waals surface area contributed by atoms with Gasteiger partial charge >= 0.3 is 0 Å². The fourth-order valence-corrected chi connectivity index (χ4v) is 3.55. The zero-order valence-corrected chi connectivity index (χ0v) is 17.6. The third-order valence-electron chi connectivity index (χ3n) is 5.29. The summed E-state index contributed by atoms with van der Waals surface area (Å²) in [6.45, 7) is 12.2. The lowest BCUT2D eigenvalue weighted by Gasteiger charge is -2.35. The number of aryl methyl sites for hydroxylation is 1. The van der Waals surface area contributed by atoms with E-state index in [0.29, 0.717) is 6.61 Å². The summed E-state index contributed by atoms with van der Waals surface area (Å²) in [5.74, 6) is 0.631. The second kappa shape index (κ2) is 10.1. The molecule has 1 aliphatic rings. The van der Waals surface area contributed by atoms with Gasteiger partial charge in [0.2, 0.25) is 5.91 Å². The van der Waals surface area contributed by atoms with Gasteiger partial charge in [0.15, 0.2) is 0 Å². The molecule has 154 valence electrons. The van der Waals surface area contributed by atoms with Crippen LogP contribution in [0.5, 0.6) is 5.75 Å². The molecule has 1 aliphatic heterocycles. The molecule has 5 heteroatoms. The molecule has 29 heavy (non-hydrogen) atoms. The van der Waals surface area contributed by atoms with Crippen molar-refractivity contribution in [1.82, 2.24) is 4.90 Å². The van der Waals surface area contributed by atoms with Crippen molar-refractivity contribution >= 4 is 23.4 Å². The molecule has 2 aromatic carbocycles. The van der Waals surface area contributed by atoms with Gasteiger partial charge < -0.3 is 19.9 Å². The molecule has 5 nitrogen and oxygen atoms in total. The Morgan fingerprint density at radius 2 is 1.86 bits per heavy atom. The Labute approximate surface area is 174 Å². The van der Waals surface area contributed by atoms with Gasteiger partial charge in [-0.2, -0.15) is 0 Å². The highest BCUT2D eigenvalue weighted by Gasteiger charge is 2.16. The topological polar surface area (TPSA) is 44.8 Å². The van der Waals surface area contributed by atoms with Crippen molar-refractivity contribution in [3.63, 3.8) is 0 Å². The minimum absolute atomic E-state index is 0.149. The largest absolute Gasteiger partial charge is 0.493 e. The average Bonchev–Trinajstić information content (AvgIpc) is 2.75. The molecule has 1 fully saturated rings. The van der Waals surface area contributed by atoms with Crippen LogP contribution >= 0.6 is 0 Å². The molecule has 1 saturated heterocycles. The van der Waals surface area contributed by atoms with E-state index < -0.39 is 0 Å². The first kappa shape index (κ1) is 20.9. The fraction of sp³-hybridized carbons (Fsp3) is 0.375. The first-order chi connectivity index (χ1) is 14.1. The molecule has 0 spiro atoms. The average molecular weight is 394 g/mol. The molecule has 1 N–H and O–H groups in total. The van der Waals surface area contributed by atoms with Crippen LogP contribution in [-0.2, 0) is 4.79 Å². The number of carbonyl (C=O) groups is 1. The predicted molar refractivity (Wildman–Crippen MR) is 121 cm³/mol. The minimum atomic E-state index is -0.149. The van der Waals surface area contributed by atoms with E-state index in [2.05, 4.69) is 34.2 Å². The summed E-state index contributed by atoms with van der Waals surface area (Å²) < 4.78 is 5.60. The molecule has 3 rings (SSSR count). The molecule has 1 heterocycles. The summed E-state index contributed by atoms with van der Waals surface area (Å²) in [6, 6.07) is 14.0. The number of amides is 1. The maximum absolute atomic E-state index is 12.4. The maximum atomic E-state index is 12.4. The molecule has 0 saturated carbocycles. The number of carbonyl (C=O) groups excluding carboxylic acids is 1. The van der Waals surface area contributed by atoms with E-state index >= 15 is 0 Å². The quantitative estimate of drug-likeness (QED) is 0.717. The number of hydrogen-bond donors (Lipinski definition) is 1. The van der Waals surface area contributed by atoms with Crippen molar-refractivity contribution in [2.24, 2.45) is 0 Å². The number of ether oxygens (including phenoxy) is 1. The summed E-state index contributed by atoms with van der Waals surface area (Å²) in [4.78, 5) is 17.3. The Bertz CT molecular complexity index is 855. The van der Waals surface area contributed by atoms with Crippen LogP contribution in [0.1, 0.15) is 25.0 Å². The Morgan fingerprint density at radius 3 is 2.55 bits per heavy atom. The van der Waals surface area contributed by atoms with Gasteiger partial charge in [-0.15, -0.1) is 0 Å².